The normalized spacial score (nSPS) is 28.2. The fourth-order valence-corrected chi connectivity index (χ4v) is 4.91. The first kappa shape index (κ1) is 17.3. The minimum Gasteiger partial charge on any atom is -0.350 e. The predicted octanol–water partition coefficient (Wildman–Crippen LogP) is 2.59. The van der Waals surface area contributed by atoms with Gasteiger partial charge in [0, 0.05) is 31.0 Å². The van der Waals surface area contributed by atoms with Gasteiger partial charge in [-0.05, 0) is 55.7 Å². The lowest BCUT2D eigenvalue weighted by Gasteiger charge is -2.36. The second kappa shape index (κ2) is 7.64. The fraction of sp³-hybridized carbons (Fsp3) is 0.650. The maximum Gasteiger partial charge on any atom is 0.318 e. The van der Waals surface area contributed by atoms with Crippen LogP contribution in [0, 0.1) is 5.92 Å². The third kappa shape index (κ3) is 3.55. The van der Waals surface area contributed by atoms with Gasteiger partial charge in [-0.1, -0.05) is 19.3 Å². The second-order valence-corrected chi connectivity index (χ2v) is 7.94. The van der Waals surface area contributed by atoms with Crippen LogP contribution in [0.25, 0.3) is 0 Å². The Hall–Kier alpha value is -2.11. The molecule has 6 nitrogen and oxygen atoms in total. The molecule has 140 valence electrons. The van der Waals surface area contributed by atoms with E-state index < -0.39 is 0 Å². The standard InChI is InChI=1S/C20H28N4O2/c25-19(22-13-14-8-10-21-11-9-14)18-15-6-7-17(12-15)24(18)20(26)23-16-4-2-1-3-5-16/h8-11,15-18H,1-7,12-13H2,(H,22,25)(H,23,26)/t15-,17-,18-/m0/s1. The molecule has 3 amide bonds. The van der Waals surface area contributed by atoms with Crippen molar-refractivity contribution in [2.24, 2.45) is 5.92 Å². The maximum atomic E-state index is 12.9. The molecule has 2 heterocycles. The third-order valence-corrected chi connectivity index (χ3v) is 6.24. The maximum absolute atomic E-state index is 12.9. The molecule has 0 spiro atoms. The van der Waals surface area contributed by atoms with Crippen LogP contribution in [0.15, 0.2) is 24.5 Å². The van der Waals surface area contributed by atoms with Crippen LogP contribution in [0.3, 0.4) is 0 Å². The molecule has 1 aromatic rings. The largest absolute Gasteiger partial charge is 0.350 e. The van der Waals surface area contributed by atoms with Gasteiger partial charge in [0.15, 0.2) is 0 Å². The summed E-state index contributed by atoms with van der Waals surface area (Å²) in [7, 11) is 0. The summed E-state index contributed by atoms with van der Waals surface area (Å²) in [5, 5.41) is 6.23. The Labute approximate surface area is 154 Å². The van der Waals surface area contributed by atoms with Gasteiger partial charge >= 0.3 is 6.03 Å². The first-order chi connectivity index (χ1) is 12.7. The van der Waals surface area contributed by atoms with Crippen LogP contribution in [-0.4, -0.2) is 39.9 Å². The molecule has 6 heteroatoms. The summed E-state index contributed by atoms with van der Waals surface area (Å²) in [6.45, 7) is 0.479. The molecule has 3 aliphatic rings. The van der Waals surface area contributed by atoms with Crippen LogP contribution in [0.2, 0.25) is 0 Å². The average molecular weight is 356 g/mol. The second-order valence-electron chi connectivity index (χ2n) is 7.94. The Morgan fingerprint density at radius 1 is 1.08 bits per heavy atom. The Morgan fingerprint density at radius 3 is 2.62 bits per heavy atom. The molecule has 2 aliphatic carbocycles. The molecular formula is C20H28N4O2. The number of urea groups is 1. The van der Waals surface area contributed by atoms with E-state index in [0.29, 0.717) is 12.5 Å². The van der Waals surface area contributed by atoms with Crippen LogP contribution >= 0.6 is 0 Å². The van der Waals surface area contributed by atoms with Crippen LogP contribution in [0.4, 0.5) is 4.79 Å². The number of nitrogens with one attached hydrogen (secondary N) is 2. The summed E-state index contributed by atoms with van der Waals surface area (Å²) in [6, 6.07) is 3.94. The van der Waals surface area contributed by atoms with Gasteiger partial charge < -0.3 is 15.5 Å². The minimum atomic E-state index is -0.320. The van der Waals surface area contributed by atoms with Crippen molar-refractivity contribution in [3.8, 4) is 0 Å². The number of amides is 3. The quantitative estimate of drug-likeness (QED) is 0.871. The van der Waals surface area contributed by atoms with Crippen molar-refractivity contribution in [1.29, 1.82) is 0 Å². The van der Waals surface area contributed by atoms with E-state index in [-0.39, 0.29) is 30.1 Å². The van der Waals surface area contributed by atoms with Crippen LogP contribution in [-0.2, 0) is 11.3 Å². The minimum absolute atomic E-state index is 0.0205. The average Bonchev–Trinajstić information content (AvgIpc) is 3.29. The number of carbonyl (C=O) groups excluding carboxylic acids is 2. The summed E-state index contributed by atoms with van der Waals surface area (Å²) >= 11 is 0. The molecule has 1 saturated heterocycles. The number of pyridine rings is 1. The highest BCUT2D eigenvalue weighted by Gasteiger charge is 2.51. The fourth-order valence-electron chi connectivity index (χ4n) is 4.91. The molecule has 2 N–H and O–H groups in total. The number of carbonyl (C=O) groups is 2. The first-order valence-corrected chi connectivity index (χ1v) is 9.98. The number of nitrogens with zero attached hydrogens (tertiary/aromatic N) is 2. The third-order valence-electron chi connectivity index (χ3n) is 6.24. The van der Waals surface area contributed by atoms with Gasteiger partial charge in [-0.2, -0.15) is 0 Å². The Balaban J connectivity index is 1.39. The number of likely N-dealkylation sites (tertiary alicyclic amines) is 1. The van der Waals surface area contributed by atoms with Crippen LogP contribution in [0.5, 0.6) is 0 Å². The number of hydrogen-bond acceptors (Lipinski definition) is 3. The molecular weight excluding hydrogens is 328 g/mol. The number of rotatable bonds is 4. The zero-order valence-electron chi connectivity index (χ0n) is 15.2. The van der Waals surface area contributed by atoms with Crippen molar-refractivity contribution in [3.05, 3.63) is 30.1 Å². The van der Waals surface area contributed by atoms with E-state index in [0.717, 1.165) is 37.7 Å². The molecule has 2 bridgehead atoms. The van der Waals surface area contributed by atoms with Gasteiger partial charge in [0.1, 0.15) is 6.04 Å². The number of fused-ring (bicyclic) bond motifs is 2. The monoisotopic (exact) mass is 356 g/mol. The van der Waals surface area contributed by atoms with Gasteiger partial charge in [0.05, 0.1) is 0 Å². The number of hydrogen-bond donors (Lipinski definition) is 2. The molecule has 4 rings (SSSR count). The van der Waals surface area contributed by atoms with E-state index in [2.05, 4.69) is 15.6 Å². The lowest BCUT2D eigenvalue weighted by Crippen LogP contribution is -2.57. The van der Waals surface area contributed by atoms with E-state index in [1.165, 1.54) is 19.3 Å². The van der Waals surface area contributed by atoms with Gasteiger partial charge in [0.2, 0.25) is 5.91 Å². The molecule has 0 aromatic carbocycles. The Morgan fingerprint density at radius 2 is 1.85 bits per heavy atom. The first-order valence-electron chi connectivity index (χ1n) is 9.98. The lowest BCUT2D eigenvalue weighted by molar-refractivity contribution is -0.127. The smallest absolute Gasteiger partial charge is 0.318 e. The highest BCUT2D eigenvalue weighted by Crippen LogP contribution is 2.42. The SMILES string of the molecule is O=C(NCc1ccncc1)[C@@H]1[C@H]2CC[C@@H](C2)N1C(=O)NC1CCCCC1. The molecule has 2 saturated carbocycles. The van der Waals surface area contributed by atoms with Crippen molar-refractivity contribution in [2.45, 2.75) is 76.0 Å². The van der Waals surface area contributed by atoms with E-state index in [4.69, 9.17) is 0 Å². The van der Waals surface area contributed by atoms with Crippen molar-refractivity contribution in [2.75, 3.05) is 0 Å². The van der Waals surface area contributed by atoms with E-state index in [9.17, 15) is 9.59 Å². The molecule has 0 unspecified atom stereocenters. The van der Waals surface area contributed by atoms with E-state index >= 15 is 0 Å². The molecule has 1 aromatic heterocycles. The van der Waals surface area contributed by atoms with Gasteiger partial charge in [-0.25, -0.2) is 4.79 Å². The molecule has 26 heavy (non-hydrogen) atoms. The number of piperidine rings is 1. The van der Waals surface area contributed by atoms with Crippen molar-refractivity contribution >= 4 is 11.9 Å². The topological polar surface area (TPSA) is 74.3 Å². The Kier molecular flexibility index (Phi) is 5.09. The molecule has 1 aliphatic heterocycles. The highest BCUT2D eigenvalue weighted by molar-refractivity contribution is 5.88. The lowest BCUT2D eigenvalue weighted by atomic mass is 9.95. The molecule has 0 radical (unpaired) electrons. The van der Waals surface area contributed by atoms with Crippen molar-refractivity contribution in [3.63, 3.8) is 0 Å². The predicted molar refractivity (Wildman–Crippen MR) is 98.2 cm³/mol. The zero-order chi connectivity index (χ0) is 17.9. The van der Waals surface area contributed by atoms with Gasteiger partial charge in [0.25, 0.3) is 0 Å². The van der Waals surface area contributed by atoms with Crippen molar-refractivity contribution in [1.82, 2.24) is 20.5 Å². The van der Waals surface area contributed by atoms with Gasteiger partial charge in [-0.15, -0.1) is 0 Å². The Bertz CT molecular complexity index is 644. The zero-order valence-corrected chi connectivity index (χ0v) is 15.2. The van der Waals surface area contributed by atoms with Crippen molar-refractivity contribution < 1.29 is 9.59 Å². The summed E-state index contributed by atoms with van der Waals surface area (Å²) < 4.78 is 0. The summed E-state index contributed by atoms with van der Waals surface area (Å²) in [5.41, 5.74) is 1.02. The molecule has 3 fully saturated rings. The number of aromatic nitrogens is 1. The van der Waals surface area contributed by atoms with Gasteiger partial charge in [-0.3, -0.25) is 9.78 Å². The summed E-state index contributed by atoms with van der Waals surface area (Å²) in [5.74, 6) is 0.280. The highest BCUT2D eigenvalue weighted by atomic mass is 16.2. The summed E-state index contributed by atoms with van der Waals surface area (Å²) in [6.07, 6.45) is 12.2. The summed E-state index contributed by atoms with van der Waals surface area (Å²) in [4.78, 5) is 31.6. The van der Waals surface area contributed by atoms with E-state index in [1.54, 1.807) is 12.4 Å². The molecule has 3 atom stereocenters. The van der Waals surface area contributed by atoms with E-state index in [1.807, 2.05) is 17.0 Å². The van der Waals surface area contributed by atoms with Crippen LogP contribution in [0.1, 0.15) is 56.9 Å². The van der Waals surface area contributed by atoms with Crippen LogP contribution < -0.4 is 10.6 Å².